The predicted molar refractivity (Wildman–Crippen MR) is 71.4 cm³/mol. The fraction of sp³-hybridized carbons (Fsp3) is 0.200. The standard InChI is InChI=1S/C15H14ClFO/c1-9-7-12(13(16)8-10(9)2)15(18)11-5-3-4-6-14(11)17/h3-8,15,18H,1-2H3. The number of halogens is 2. The number of aryl methyl sites for hydroxylation is 2. The van der Waals surface area contributed by atoms with Crippen LogP contribution in [0.5, 0.6) is 0 Å². The molecule has 0 aliphatic rings. The van der Waals surface area contributed by atoms with Gasteiger partial charge in [-0.05, 0) is 37.1 Å². The second-order valence-electron chi connectivity index (χ2n) is 4.38. The van der Waals surface area contributed by atoms with E-state index in [1.807, 2.05) is 13.8 Å². The van der Waals surface area contributed by atoms with Crippen LogP contribution in [0, 0.1) is 19.7 Å². The third-order valence-electron chi connectivity index (χ3n) is 3.11. The van der Waals surface area contributed by atoms with Crippen molar-refractivity contribution >= 4 is 11.6 Å². The van der Waals surface area contributed by atoms with Crippen LogP contribution < -0.4 is 0 Å². The zero-order valence-corrected chi connectivity index (χ0v) is 11.0. The molecule has 94 valence electrons. The summed E-state index contributed by atoms with van der Waals surface area (Å²) in [6.45, 7) is 3.88. The quantitative estimate of drug-likeness (QED) is 0.863. The van der Waals surface area contributed by atoms with Crippen LogP contribution in [0.2, 0.25) is 5.02 Å². The van der Waals surface area contributed by atoms with E-state index >= 15 is 0 Å². The molecular weight excluding hydrogens is 251 g/mol. The Morgan fingerprint density at radius 2 is 1.67 bits per heavy atom. The van der Waals surface area contributed by atoms with Crippen LogP contribution in [-0.4, -0.2) is 5.11 Å². The molecule has 2 rings (SSSR count). The normalized spacial score (nSPS) is 12.5. The molecular formula is C15H14ClFO. The summed E-state index contributed by atoms with van der Waals surface area (Å²) in [5.74, 6) is -0.431. The SMILES string of the molecule is Cc1cc(Cl)c(C(O)c2ccccc2F)cc1C. The number of rotatable bonds is 2. The third-order valence-corrected chi connectivity index (χ3v) is 3.43. The van der Waals surface area contributed by atoms with Gasteiger partial charge in [0.1, 0.15) is 11.9 Å². The van der Waals surface area contributed by atoms with Crippen LogP contribution in [0.15, 0.2) is 36.4 Å². The monoisotopic (exact) mass is 264 g/mol. The smallest absolute Gasteiger partial charge is 0.129 e. The molecule has 1 N–H and O–H groups in total. The van der Waals surface area contributed by atoms with E-state index in [0.717, 1.165) is 11.1 Å². The molecule has 0 bridgehead atoms. The summed E-state index contributed by atoms with van der Waals surface area (Å²) in [7, 11) is 0. The Morgan fingerprint density at radius 3 is 2.33 bits per heavy atom. The van der Waals surface area contributed by atoms with Gasteiger partial charge in [-0.2, -0.15) is 0 Å². The maximum absolute atomic E-state index is 13.6. The topological polar surface area (TPSA) is 20.2 Å². The lowest BCUT2D eigenvalue weighted by molar-refractivity contribution is 0.215. The van der Waals surface area contributed by atoms with E-state index in [1.54, 1.807) is 30.3 Å². The Kier molecular flexibility index (Phi) is 3.69. The second-order valence-corrected chi connectivity index (χ2v) is 4.79. The van der Waals surface area contributed by atoms with E-state index in [-0.39, 0.29) is 5.56 Å². The van der Waals surface area contributed by atoms with Crippen molar-refractivity contribution in [1.82, 2.24) is 0 Å². The van der Waals surface area contributed by atoms with E-state index in [2.05, 4.69) is 0 Å². The Balaban J connectivity index is 2.50. The summed E-state index contributed by atoms with van der Waals surface area (Å²) in [6.07, 6.45) is -1.04. The van der Waals surface area contributed by atoms with Crippen LogP contribution in [0.1, 0.15) is 28.4 Å². The molecule has 1 atom stereocenters. The zero-order chi connectivity index (χ0) is 13.3. The molecule has 0 spiro atoms. The van der Waals surface area contributed by atoms with Gasteiger partial charge < -0.3 is 5.11 Å². The van der Waals surface area contributed by atoms with Gasteiger partial charge in [-0.3, -0.25) is 0 Å². The van der Waals surface area contributed by atoms with Crippen LogP contribution in [-0.2, 0) is 0 Å². The van der Waals surface area contributed by atoms with Gasteiger partial charge in [-0.15, -0.1) is 0 Å². The van der Waals surface area contributed by atoms with Crippen LogP contribution in [0.25, 0.3) is 0 Å². The lowest BCUT2D eigenvalue weighted by Gasteiger charge is -2.15. The fourth-order valence-electron chi connectivity index (χ4n) is 1.88. The summed E-state index contributed by atoms with van der Waals surface area (Å²) in [5, 5.41) is 10.7. The summed E-state index contributed by atoms with van der Waals surface area (Å²) < 4.78 is 13.6. The summed E-state index contributed by atoms with van der Waals surface area (Å²) in [6, 6.07) is 9.76. The predicted octanol–water partition coefficient (Wildman–Crippen LogP) is 4.18. The minimum absolute atomic E-state index is 0.239. The van der Waals surface area contributed by atoms with E-state index in [4.69, 9.17) is 11.6 Å². The van der Waals surface area contributed by atoms with Crippen molar-refractivity contribution in [2.45, 2.75) is 20.0 Å². The van der Waals surface area contributed by atoms with E-state index in [1.165, 1.54) is 6.07 Å². The Bertz CT molecular complexity index is 581. The molecule has 0 fully saturated rings. The highest BCUT2D eigenvalue weighted by atomic mass is 35.5. The summed E-state index contributed by atoms with van der Waals surface area (Å²) >= 11 is 6.12. The van der Waals surface area contributed by atoms with Gasteiger partial charge in [0.15, 0.2) is 0 Å². The molecule has 0 saturated carbocycles. The first kappa shape index (κ1) is 13.1. The van der Waals surface area contributed by atoms with Crippen molar-refractivity contribution in [3.8, 4) is 0 Å². The van der Waals surface area contributed by atoms with E-state index < -0.39 is 11.9 Å². The summed E-state index contributed by atoms with van der Waals surface area (Å²) in [4.78, 5) is 0. The molecule has 1 nitrogen and oxygen atoms in total. The minimum atomic E-state index is -1.04. The van der Waals surface area contributed by atoms with E-state index in [9.17, 15) is 9.50 Å². The maximum Gasteiger partial charge on any atom is 0.129 e. The number of hydrogen-bond acceptors (Lipinski definition) is 1. The molecule has 0 aliphatic heterocycles. The fourth-order valence-corrected chi connectivity index (χ4v) is 2.20. The average molecular weight is 265 g/mol. The van der Waals surface area contributed by atoms with Crippen molar-refractivity contribution < 1.29 is 9.50 Å². The van der Waals surface area contributed by atoms with Gasteiger partial charge in [-0.1, -0.05) is 35.9 Å². The maximum atomic E-state index is 13.6. The van der Waals surface area contributed by atoms with Gasteiger partial charge in [0.2, 0.25) is 0 Å². The number of benzene rings is 2. The molecule has 0 saturated heterocycles. The molecule has 3 heteroatoms. The third kappa shape index (κ3) is 2.40. The average Bonchev–Trinajstić information content (AvgIpc) is 2.33. The molecule has 2 aromatic rings. The van der Waals surface area contributed by atoms with Gasteiger partial charge in [0, 0.05) is 16.1 Å². The largest absolute Gasteiger partial charge is 0.383 e. The van der Waals surface area contributed by atoms with Crippen LogP contribution >= 0.6 is 11.6 Å². The Hall–Kier alpha value is -1.38. The Morgan fingerprint density at radius 1 is 1.06 bits per heavy atom. The van der Waals surface area contributed by atoms with Crippen LogP contribution in [0.3, 0.4) is 0 Å². The first-order valence-electron chi connectivity index (χ1n) is 5.70. The lowest BCUT2D eigenvalue weighted by atomic mass is 9.97. The first-order valence-corrected chi connectivity index (χ1v) is 6.07. The van der Waals surface area contributed by atoms with Crippen molar-refractivity contribution in [3.63, 3.8) is 0 Å². The highest BCUT2D eigenvalue weighted by molar-refractivity contribution is 6.31. The second kappa shape index (κ2) is 5.09. The van der Waals surface area contributed by atoms with Gasteiger partial charge >= 0.3 is 0 Å². The molecule has 0 radical (unpaired) electrons. The van der Waals surface area contributed by atoms with Crippen molar-refractivity contribution in [2.75, 3.05) is 0 Å². The van der Waals surface area contributed by atoms with E-state index in [0.29, 0.717) is 10.6 Å². The van der Waals surface area contributed by atoms with Crippen molar-refractivity contribution in [2.24, 2.45) is 0 Å². The molecule has 2 aromatic carbocycles. The van der Waals surface area contributed by atoms with Crippen molar-refractivity contribution in [3.05, 3.63) is 69.5 Å². The molecule has 1 unspecified atom stereocenters. The molecule has 0 heterocycles. The molecule has 0 aliphatic carbocycles. The number of aliphatic hydroxyl groups excluding tert-OH is 1. The molecule has 0 aromatic heterocycles. The molecule has 0 amide bonds. The number of aliphatic hydroxyl groups is 1. The zero-order valence-electron chi connectivity index (χ0n) is 10.2. The van der Waals surface area contributed by atoms with Gasteiger partial charge in [0.05, 0.1) is 0 Å². The Labute approximate surface area is 111 Å². The lowest BCUT2D eigenvalue weighted by Crippen LogP contribution is -2.04. The summed E-state index contributed by atoms with van der Waals surface area (Å²) in [5.41, 5.74) is 2.83. The van der Waals surface area contributed by atoms with Gasteiger partial charge in [-0.25, -0.2) is 4.39 Å². The highest BCUT2D eigenvalue weighted by Gasteiger charge is 2.18. The molecule has 18 heavy (non-hydrogen) atoms. The van der Waals surface area contributed by atoms with Gasteiger partial charge in [0.25, 0.3) is 0 Å². The minimum Gasteiger partial charge on any atom is -0.383 e. The van der Waals surface area contributed by atoms with Crippen molar-refractivity contribution in [1.29, 1.82) is 0 Å². The van der Waals surface area contributed by atoms with Crippen LogP contribution in [0.4, 0.5) is 4.39 Å². The first-order chi connectivity index (χ1) is 8.50. The highest BCUT2D eigenvalue weighted by Crippen LogP contribution is 2.31. The number of hydrogen-bond donors (Lipinski definition) is 1.